The Morgan fingerprint density at radius 3 is 2.52 bits per heavy atom. The fourth-order valence-corrected chi connectivity index (χ4v) is 3.76. The van der Waals surface area contributed by atoms with Crippen molar-refractivity contribution in [3.05, 3.63) is 24.3 Å². The first-order valence-corrected chi connectivity index (χ1v) is 10.5. The third-order valence-electron chi connectivity index (χ3n) is 5.41. The van der Waals surface area contributed by atoms with Gasteiger partial charge in [-0.15, -0.1) is 0 Å². The molecule has 0 radical (unpaired) electrons. The summed E-state index contributed by atoms with van der Waals surface area (Å²) in [7, 11) is 0. The van der Waals surface area contributed by atoms with Crippen molar-refractivity contribution < 1.29 is 25.2 Å². The van der Waals surface area contributed by atoms with Gasteiger partial charge in [0.05, 0.1) is 18.3 Å². The van der Waals surface area contributed by atoms with Crippen LogP contribution in [0.4, 0.5) is 0 Å². The lowest BCUT2D eigenvalue weighted by Crippen LogP contribution is -2.20. The van der Waals surface area contributed by atoms with Crippen molar-refractivity contribution in [2.45, 2.75) is 95.9 Å². The van der Waals surface area contributed by atoms with E-state index in [-0.39, 0.29) is 18.3 Å². The summed E-state index contributed by atoms with van der Waals surface area (Å²) in [6.07, 6.45) is 15.0. The molecule has 5 nitrogen and oxygen atoms in total. The third-order valence-corrected chi connectivity index (χ3v) is 5.41. The molecule has 1 fully saturated rings. The highest BCUT2D eigenvalue weighted by Crippen LogP contribution is 2.36. The number of hydrogen-bond acceptors (Lipinski definition) is 4. The summed E-state index contributed by atoms with van der Waals surface area (Å²) in [6.45, 7) is 2.18. The average molecular weight is 383 g/mol. The minimum absolute atomic E-state index is 0.0660. The monoisotopic (exact) mass is 382 g/mol. The smallest absolute Gasteiger partial charge is 0.303 e. The summed E-state index contributed by atoms with van der Waals surface area (Å²) in [5, 5.41) is 39.2. The Morgan fingerprint density at radius 1 is 1.07 bits per heavy atom. The Labute approximate surface area is 163 Å². The molecule has 5 heteroatoms. The molecule has 0 spiro atoms. The van der Waals surface area contributed by atoms with Gasteiger partial charge in [0.2, 0.25) is 0 Å². The van der Waals surface area contributed by atoms with Gasteiger partial charge in [-0.05, 0) is 31.6 Å². The summed E-state index contributed by atoms with van der Waals surface area (Å²) in [5.74, 6) is -1.01. The van der Waals surface area contributed by atoms with E-state index in [4.69, 9.17) is 5.11 Å². The molecule has 0 heterocycles. The molecule has 0 aromatic heterocycles. The molecule has 0 aliphatic heterocycles. The molecular weight excluding hydrogens is 344 g/mol. The molecular formula is C22H38O5. The highest BCUT2D eigenvalue weighted by Gasteiger charge is 2.39. The maximum Gasteiger partial charge on any atom is 0.303 e. The van der Waals surface area contributed by atoms with Crippen LogP contribution in [0.2, 0.25) is 0 Å². The van der Waals surface area contributed by atoms with Gasteiger partial charge in [0.25, 0.3) is 0 Å². The second-order valence-corrected chi connectivity index (χ2v) is 7.76. The molecule has 0 aromatic rings. The van der Waals surface area contributed by atoms with Gasteiger partial charge in [-0.25, -0.2) is 0 Å². The summed E-state index contributed by atoms with van der Waals surface area (Å²) in [6, 6.07) is 0. The number of hydrogen-bond donors (Lipinski definition) is 4. The molecule has 0 aromatic carbocycles. The zero-order chi connectivity index (χ0) is 20.1. The molecule has 0 bridgehead atoms. The number of allylic oxidation sites excluding steroid dienone is 2. The minimum Gasteiger partial charge on any atom is -0.481 e. The minimum atomic E-state index is -0.785. The van der Waals surface area contributed by atoms with Crippen LogP contribution in [-0.2, 0) is 4.79 Å². The van der Waals surface area contributed by atoms with E-state index in [1.165, 1.54) is 19.3 Å². The number of carboxylic acids is 1. The van der Waals surface area contributed by atoms with Gasteiger partial charge in [-0.3, -0.25) is 4.79 Å². The van der Waals surface area contributed by atoms with Crippen molar-refractivity contribution in [1.82, 2.24) is 0 Å². The lowest BCUT2D eigenvalue weighted by atomic mass is 9.89. The lowest BCUT2D eigenvalue weighted by Gasteiger charge is -2.19. The first-order valence-electron chi connectivity index (χ1n) is 10.5. The molecule has 1 rings (SSSR count). The first kappa shape index (κ1) is 23.9. The van der Waals surface area contributed by atoms with Gasteiger partial charge in [0.15, 0.2) is 0 Å². The standard InChI is InChI=1S/C22H38O5/c1-2-3-4-5-8-11-17(23)14-15-19-18(20(24)16-21(19)25)12-9-6-7-10-13-22(26)27/h6,9,14-15,17-21,23-25H,2-5,7-8,10-13,16H2,1H3,(H,26,27)/b9-6-,15-14+/t17?,18-,19-,20+,21-/m1/s1. The van der Waals surface area contributed by atoms with E-state index < -0.39 is 24.3 Å². The quantitative estimate of drug-likeness (QED) is 0.270. The normalized spacial score (nSPS) is 27.0. The molecule has 0 saturated heterocycles. The number of aliphatic hydroxyl groups excluding tert-OH is 3. The van der Waals surface area contributed by atoms with Crippen molar-refractivity contribution in [3.8, 4) is 0 Å². The summed E-state index contributed by atoms with van der Waals surface area (Å²) >= 11 is 0. The summed E-state index contributed by atoms with van der Waals surface area (Å²) in [5.41, 5.74) is 0. The highest BCUT2D eigenvalue weighted by atomic mass is 16.4. The topological polar surface area (TPSA) is 98.0 Å². The van der Waals surface area contributed by atoms with Gasteiger partial charge in [0.1, 0.15) is 0 Å². The predicted molar refractivity (Wildman–Crippen MR) is 107 cm³/mol. The van der Waals surface area contributed by atoms with Crippen LogP contribution in [0.1, 0.15) is 77.6 Å². The number of unbranched alkanes of at least 4 members (excludes halogenated alkanes) is 5. The molecule has 156 valence electrons. The van der Waals surface area contributed by atoms with Crippen LogP contribution >= 0.6 is 0 Å². The largest absolute Gasteiger partial charge is 0.481 e. The Hall–Kier alpha value is -1.17. The number of aliphatic carboxylic acids is 1. The molecule has 27 heavy (non-hydrogen) atoms. The Balaban J connectivity index is 2.41. The van der Waals surface area contributed by atoms with Crippen LogP contribution in [0, 0.1) is 11.8 Å². The number of aliphatic hydroxyl groups is 3. The maximum absolute atomic E-state index is 10.5. The van der Waals surface area contributed by atoms with Crippen molar-refractivity contribution in [3.63, 3.8) is 0 Å². The van der Waals surface area contributed by atoms with Gasteiger partial charge in [-0.2, -0.15) is 0 Å². The van der Waals surface area contributed by atoms with Gasteiger partial charge in [-0.1, -0.05) is 63.3 Å². The van der Waals surface area contributed by atoms with Crippen LogP contribution in [0.3, 0.4) is 0 Å². The van der Waals surface area contributed by atoms with E-state index >= 15 is 0 Å². The average Bonchev–Trinajstić information content (AvgIpc) is 2.88. The molecule has 4 N–H and O–H groups in total. The van der Waals surface area contributed by atoms with E-state index in [9.17, 15) is 20.1 Å². The second kappa shape index (κ2) is 13.9. The maximum atomic E-state index is 10.5. The lowest BCUT2D eigenvalue weighted by molar-refractivity contribution is -0.137. The van der Waals surface area contributed by atoms with Crippen molar-refractivity contribution >= 4 is 5.97 Å². The highest BCUT2D eigenvalue weighted by molar-refractivity contribution is 5.66. The summed E-state index contributed by atoms with van der Waals surface area (Å²) in [4.78, 5) is 10.5. The van der Waals surface area contributed by atoms with Crippen LogP contribution in [0.15, 0.2) is 24.3 Å². The molecule has 0 amide bonds. The van der Waals surface area contributed by atoms with Crippen LogP contribution < -0.4 is 0 Å². The molecule has 1 aliphatic rings. The molecule has 1 unspecified atom stereocenters. The zero-order valence-corrected chi connectivity index (χ0v) is 16.7. The van der Waals surface area contributed by atoms with Crippen LogP contribution in [0.5, 0.6) is 0 Å². The van der Waals surface area contributed by atoms with E-state index in [2.05, 4.69) is 6.92 Å². The molecule has 1 saturated carbocycles. The number of rotatable bonds is 14. The SMILES string of the molecule is CCCCCCCC(O)/C=C/[C@@H]1[C@@H](C/C=C\CCCC(=O)O)[C@@H](O)C[C@H]1O. The Kier molecular flexibility index (Phi) is 12.3. The van der Waals surface area contributed by atoms with Crippen LogP contribution in [0.25, 0.3) is 0 Å². The van der Waals surface area contributed by atoms with E-state index in [0.717, 1.165) is 19.3 Å². The zero-order valence-electron chi connectivity index (χ0n) is 16.7. The number of carboxylic acid groups (broad SMARTS) is 1. The number of carbonyl (C=O) groups is 1. The van der Waals surface area contributed by atoms with Gasteiger partial charge < -0.3 is 20.4 Å². The van der Waals surface area contributed by atoms with Crippen molar-refractivity contribution in [2.75, 3.05) is 0 Å². The fourth-order valence-electron chi connectivity index (χ4n) is 3.76. The van der Waals surface area contributed by atoms with E-state index in [1.54, 1.807) is 6.08 Å². The Bertz CT molecular complexity index is 460. The van der Waals surface area contributed by atoms with E-state index in [0.29, 0.717) is 25.7 Å². The molecule has 5 atom stereocenters. The van der Waals surface area contributed by atoms with Gasteiger partial charge >= 0.3 is 5.97 Å². The third kappa shape index (κ3) is 10.1. The van der Waals surface area contributed by atoms with Crippen molar-refractivity contribution in [1.29, 1.82) is 0 Å². The predicted octanol–water partition coefficient (Wildman–Crippen LogP) is 3.82. The second-order valence-electron chi connectivity index (χ2n) is 7.76. The van der Waals surface area contributed by atoms with E-state index in [1.807, 2.05) is 18.2 Å². The molecule has 1 aliphatic carbocycles. The Morgan fingerprint density at radius 2 is 1.81 bits per heavy atom. The van der Waals surface area contributed by atoms with Crippen molar-refractivity contribution in [2.24, 2.45) is 11.8 Å². The fraction of sp³-hybridized carbons (Fsp3) is 0.773. The van der Waals surface area contributed by atoms with Crippen LogP contribution in [-0.4, -0.2) is 44.7 Å². The summed E-state index contributed by atoms with van der Waals surface area (Å²) < 4.78 is 0. The first-order chi connectivity index (χ1) is 13.0. The van der Waals surface area contributed by atoms with Gasteiger partial charge in [0, 0.05) is 18.8 Å².